The number of halogens is 6. The number of nitrogens with one attached hydrogen (secondary N) is 1. The van der Waals surface area contributed by atoms with Crippen LogP contribution in [-0.4, -0.2) is 55.5 Å². The van der Waals surface area contributed by atoms with E-state index in [1.807, 2.05) is 7.05 Å². The number of carbonyl (C=O) groups excluding carboxylic acids is 1. The summed E-state index contributed by atoms with van der Waals surface area (Å²) in [6, 6.07) is 9.11. The lowest BCUT2D eigenvalue weighted by Crippen LogP contribution is -2.47. The Kier molecular flexibility index (Phi) is 7.14. The van der Waals surface area contributed by atoms with E-state index in [1.54, 1.807) is 30.3 Å². The molecule has 0 aromatic heterocycles. The molecule has 174 valence electrons. The average molecular weight is 459 g/mol. The van der Waals surface area contributed by atoms with Crippen LogP contribution in [0.2, 0.25) is 0 Å². The molecule has 0 aliphatic carbocycles. The van der Waals surface area contributed by atoms with Crippen LogP contribution in [0.5, 0.6) is 0 Å². The van der Waals surface area contributed by atoms with Gasteiger partial charge in [-0.2, -0.15) is 26.3 Å². The van der Waals surface area contributed by atoms with Gasteiger partial charge in [0.25, 0.3) is 5.91 Å². The molecule has 0 bridgehead atoms. The Bertz CT molecular complexity index is 889. The Balaban J connectivity index is 1.88. The van der Waals surface area contributed by atoms with Gasteiger partial charge in [-0.1, -0.05) is 30.3 Å². The van der Waals surface area contributed by atoms with Crippen molar-refractivity contribution < 1.29 is 31.1 Å². The van der Waals surface area contributed by atoms with Crippen LogP contribution >= 0.6 is 0 Å². The third kappa shape index (κ3) is 6.23. The molecule has 0 spiro atoms. The Morgan fingerprint density at radius 2 is 1.44 bits per heavy atom. The number of nitrogens with zero attached hydrogens (tertiary/aromatic N) is 2. The van der Waals surface area contributed by atoms with Crippen LogP contribution in [0.1, 0.15) is 33.1 Å². The van der Waals surface area contributed by atoms with Crippen molar-refractivity contribution in [2.24, 2.45) is 0 Å². The highest BCUT2D eigenvalue weighted by Gasteiger charge is 2.37. The average Bonchev–Trinajstić information content (AvgIpc) is 2.74. The fraction of sp³-hybridized carbons (Fsp3) is 0.409. The molecule has 1 aliphatic heterocycles. The van der Waals surface area contributed by atoms with Gasteiger partial charge in [0, 0.05) is 38.3 Å². The molecule has 4 nitrogen and oxygen atoms in total. The summed E-state index contributed by atoms with van der Waals surface area (Å²) < 4.78 is 78.9. The molecule has 3 rings (SSSR count). The minimum absolute atomic E-state index is 0.00961. The fourth-order valence-corrected chi connectivity index (χ4v) is 3.54. The molecule has 1 unspecified atom stereocenters. The molecule has 2 aromatic carbocycles. The molecule has 0 saturated carbocycles. The van der Waals surface area contributed by atoms with Gasteiger partial charge in [-0.05, 0) is 30.8 Å². The zero-order chi connectivity index (χ0) is 23.5. The summed E-state index contributed by atoms with van der Waals surface area (Å²) in [5, 5.41) is 2.64. The smallest absolute Gasteiger partial charge is 0.344 e. The summed E-state index contributed by atoms with van der Waals surface area (Å²) >= 11 is 0. The molecular formula is C22H23F6N3O. The summed E-state index contributed by atoms with van der Waals surface area (Å²) in [6.07, 6.45) is -10.0. The molecule has 32 heavy (non-hydrogen) atoms. The van der Waals surface area contributed by atoms with Crippen LogP contribution in [-0.2, 0) is 12.4 Å². The number of amides is 1. The minimum atomic E-state index is -5.02. The minimum Gasteiger partial charge on any atom is -0.344 e. The topological polar surface area (TPSA) is 35.6 Å². The predicted octanol–water partition coefficient (Wildman–Crippen LogP) is 4.44. The summed E-state index contributed by atoms with van der Waals surface area (Å²) in [5.74, 6) is -0.996. The first kappa shape index (κ1) is 24.1. The van der Waals surface area contributed by atoms with Crippen LogP contribution in [0.4, 0.5) is 26.3 Å². The molecular weight excluding hydrogens is 436 g/mol. The number of hydrogen-bond donors (Lipinski definition) is 1. The highest BCUT2D eigenvalue weighted by atomic mass is 19.4. The maximum absolute atomic E-state index is 13.2. The number of rotatable bonds is 5. The lowest BCUT2D eigenvalue weighted by molar-refractivity contribution is -0.143. The van der Waals surface area contributed by atoms with E-state index in [9.17, 15) is 31.1 Å². The molecule has 1 N–H and O–H groups in total. The monoisotopic (exact) mass is 459 g/mol. The quantitative estimate of drug-likeness (QED) is 0.672. The second-order valence-electron chi connectivity index (χ2n) is 7.84. The van der Waals surface area contributed by atoms with Gasteiger partial charge in [0.05, 0.1) is 17.2 Å². The highest BCUT2D eigenvalue weighted by Crippen LogP contribution is 2.36. The Labute approximate surface area is 181 Å². The number of alkyl halides is 6. The molecule has 0 radical (unpaired) electrons. The first-order chi connectivity index (χ1) is 14.9. The molecule has 2 aromatic rings. The number of hydrogen-bond acceptors (Lipinski definition) is 3. The van der Waals surface area contributed by atoms with Gasteiger partial charge in [0.2, 0.25) is 0 Å². The Morgan fingerprint density at radius 1 is 0.906 bits per heavy atom. The van der Waals surface area contributed by atoms with E-state index in [1.165, 1.54) is 0 Å². The normalized spacial score (nSPS) is 17.2. The maximum atomic E-state index is 13.2. The molecule has 1 amide bonds. The molecule has 1 atom stereocenters. The van der Waals surface area contributed by atoms with E-state index >= 15 is 0 Å². The van der Waals surface area contributed by atoms with Crippen LogP contribution in [0.25, 0.3) is 0 Å². The third-order valence-corrected chi connectivity index (χ3v) is 5.39. The van der Waals surface area contributed by atoms with Crippen molar-refractivity contribution in [3.05, 3.63) is 70.8 Å². The van der Waals surface area contributed by atoms with Crippen molar-refractivity contribution in [3.63, 3.8) is 0 Å². The van der Waals surface area contributed by atoms with Crippen LogP contribution in [0.15, 0.2) is 48.5 Å². The molecule has 10 heteroatoms. The predicted molar refractivity (Wildman–Crippen MR) is 107 cm³/mol. The van der Waals surface area contributed by atoms with Crippen molar-refractivity contribution in [2.75, 3.05) is 39.8 Å². The zero-order valence-electron chi connectivity index (χ0n) is 17.3. The molecule has 1 saturated heterocycles. The lowest BCUT2D eigenvalue weighted by atomic mass is 10.0. The SMILES string of the molecule is CN1CCN(CC(NC(=O)c2cc(C(F)(F)F)cc(C(F)(F)F)c2)c2ccccc2)CC1. The largest absolute Gasteiger partial charge is 0.416 e. The Morgan fingerprint density at radius 3 is 1.94 bits per heavy atom. The molecule has 1 fully saturated rings. The van der Waals surface area contributed by atoms with Gasteiger partial charge in [0.1, 0.15) is 0 Å². The lowest BCUT2D eigenvalue weighted by Gasteiger charge is -2.35. The van der Waals surface area contributed by atoms with E-state index in [2.05, 4.69) is 15.1 Å². The number of carbonyl (C=O) groups is 1. The third-order valence-electron chi connectivity index (χ3n) is 5.39. The first-order valence-corrected chi connectivity index (χ1v) is 9.99. The van der Waals surface area contributed by atoms with Gasteiger partial charge in [-0.25, -0.2) is 0 Å². The second-order valence-corrected chi connectivity index (χ2v) is 7.84. The van der Waals surface area contributed by atoms with Crippen molar-refractivity contribution in [2.45, 2.75) is 18.4 Å². The van der Waals surface area contributed by atoms with Crippen LogP contribution < -0.4 is 5.32 Å². The van der Waals surface area contributed by atoms with Gasteiger partial charge < -0.3 is 10.2 Å². The molecule has 1 heterocycles. The standard InChI is InChI=1S/C22H23F6N3O/c1-30-7-9-31(10-8-30)14-19(15-5-3-2-4-6-15)29-20(32)16-11-17(21(23,24)25)13-18(12-16)22(26,27)28/h2-6,11-13,19H,7-10,14H2,1H3,(H,29,32). The van der Waals surface area contributed by atoms with Crippen LogP contribution in [0.3, 0.4) is 0 Å². The van der Waals surface area contributed by atoms with Crippen molar-refractivity contribution in [1.29, 1.82) is 0 Å². The number of piperazine rings is 1. The molecule has 1 aliphatic rings. The van der Waals surface area contributed by atoms with Gasteiger partial charge in [0.15, 0.2) is 0 Å². The number of benzene rings is 2. The second kappa shape index (κ2) is 9.50. The van der Waals surface area contributed by atoms with E-state index in [0.29, 0.717) is 24.2 Å². The van der Waals surface area contributed by atoms with Crippen LogP contribution in [0, 0.1) is 0 Å². The maximum Gasteiger partial charge on any atom is 0.416 e. The first-order valence-electron chi connectivity index (χ1n) is 9.99. The number of likely N-dealkylation sites (N-methyl/N-ethyl adjacent to an activating group) is 1. The van der Waals surface area contributed by atoms with E-state index in [4.69, 9.17) is 0 Å². The zero-order valence-corrected chi connectivity index (χ0v) is 17.3. The summed E-state index contributed by atoms with van der Waals surface area (Å²) in [5.41, 5.74) is -3.02. The summed E-state index contributed by atoms with van der Waals surface area (Å²) in [7, 11) is 1.99. The van der Waals surface area contributed by atoms with Crippen molar-refractivity contribution >= 4 is 5.91 Å². The summed E-state index contributed by atoms with van der Waals surface area (Å²) in [4.78, 5) is 17.1. The van der Waals surface area contributed by atoms with Crippen molar-refractivity contribution in [3.8, 4) is 0 Å². The fourth-order valence-electron chi connectivity index (χ4n) is 3.54. The van der Waals surface area contributed by atoms with Gasteiger partial charge in [-0.15, -0.1) is 0 Å². The van der Waals surface area contributed by atoms with E-state index < -0.39 is 41.0 Å². The van der Waals surface area contributed by atoms with Crippen molar-refractivity contribution in [1.82, 2.24) is 15.1 Å². The van der Waals surface area contributed by atoms with Gasteiger partial charge in [-0.3, -0.25) is 9.69 Å². The highest BCUT2D eigenvalue weighted by molar-refractivity contribution is 5.95. The van der Waals surface area contributed by atoms with E-state index in [0.717, 1.165) is 26.2 Å². The summed E-state index contributed by atoms with van der Waals surface area (Å²) in [6.45, 7) is 3.49. The van der Waals surface area contributed by atoms with Gasteiger partial charge >= 0.3 is 12.4 Å². The van der Waals surface area contributed by atoms with E-state index in [-0.39, 0.29) is 6.07 Å². The Hall–Kier alpha value is -2.59.